The summed E-state index contributed by atoms with van der Waals surface area (Å²) in [6, 6.07) is 20.8. The minimum Gasteiger partial charge on any atom is -0.480 e. The van der Waals surface area contributed by atoms with Crippen LogP contribution in [0.15, 0.2) is 96.4 Å². The van der Waals surface area contributed by atoms with Gasteiger partial charge >= 0.3 is 12.0 Å². The number of Topliss-reactive ketones (excluding diaryl/α,β-unsaturated/α-hetero) is 1. The number of rotatable bonds is 7. The summed E-state index contributed by atoms with van der Waals surface area (Å²) in [5.41, 5.74) is 3.27. The van der Waals surface area contributed by atoms with Crippen molar-refractivity contribution in [3.8, 4) is 0 Å². The minimum atomic E-state index is -1.34. The second-order valence-corrected chi connectivity index (χ2v) is 11.0. The Balaban J connectivity index is 1.68. The van der Waals surface area contributed by atoms with Crippen molar-refractivity contribution in [1.82, 2.24) is 4.90 Å². The first-order valence-corrected chi connectivity index (χ1v) is 14.1. The third kappa shape index (κ3) is 5.69. The number of nitrogens with one attached hydrogen (secondary N) is 1. The Morgan fingerprint density at radius 1 is 0.902 bits per heavy atom. The summed E-state index contributed by atoms with van der Waals surface area (Å²) in [5, 5.41) is 15.2. The van der Waals surface area contributed by atoms with E-state index in [9.17, 15) is 23.9 Å². The van der Waals surface area contributed by atoms with Gasteiger partial charge in [-0.25, -0.2) is 14.0 Å². The van der Waals surface area contributed by atoms with E-state index in [1.54, 1.807) is 18.2 Å². The summed E-state index contributed by atoms with van der Waals surface area (Å²) in [5.74, 6) is -3.59. The number of aliphatic carboxylic acids is 1. The van der Waals surface area contributed by atoms with Crippen LogP contribution in [0.1, 0.15) is 37.8 Å². The molecular formula is C33H29FN2O4S. The maximum Gasteiger partial charge on any atom is 0.327 e. The highest BCUT2D eigenvalue weighted by atomic mass is 32.1. The molecule has 41 heavy (non-hydrogen) atoms. The van der Waals surface area contributed by atoms with Gasteiger partial charge in [0.15, 0.2) is 5.78 Å². The number of anilines is 1. The molecule has 0 bridgehead atoms. The van der Waals surface area contributed by atoms with Gasteiger partial charge in [-0.2, -0.15) is 0 Å². The fraction of sp³-hybridized carbons (Fsp3) is 0.182. The second-order valence-electron chi connectivity index (χ2n) is 10.1. The topological polar surface area (TPSA) is 86.7 Å². The quantitative estimate of drug-likeness (QED) is 0.232. The Kier molecular flexibility index (Phi) is 8.12. The smallest absolute Gasteiger partial charge is 0.327 e. The molecule has 0 spiro atoms. The highest BCUT2D eigenvalue weighted by molar-refractivity contribution is 7.10. The molecule has 1 aliphatic rings. The largest absolute Gasteiger partial charge is 0.480 e. The van der Waals surface area contributed by atoms with Gasteiger partial charge in [-0.15, -0.1) is 11.3 Å². The van der Waals surface area contributed by atoms with E-state index in [1.165, 1.54) is 40.5 Å². The minimum absolute atomic E-state index is 0.230. The molecule has 2 amide bonds. The lowest BCUT2D eigenvalue weighted by Crippen LogP contribution is -2.48. The Morgan fingerprint density at radius 2 is 1.59 bits per heavy atom. The Morgan fingerprint density at radius 3 is 2.22 bits per heavy atom. The molecule has 4 atom stereocenters. The number of likely N-dealkylation sites (tertiary alicyclic amines) is 1. The average Bonchev–Trinajstić information content (AvgIpc) is 3.54. The summed E-state index contributed by atoms with van der Waals surface area (Å²) in [6.07, 6.45) is 3.56. The van der Waals surface area contributed by atoms with E-state index in [-0.39, 0.29) is 5.78 Å². The van der Waals surface area contributed by atoms with E-state index >= 15 is 0 Å². The molecule has 4 unspecified atom stereocenters. The lowest BCUT2D eigenvalue weighted by molar-refractivity contribution is -0.141. The van der Waals surface area contributed by atoms with Crippen LogP contribution in [0.25, 0.3) is 6.08 Å². The normalized spacial score (nSPS) is 20.3. The molecule has 1 fully saturated rings. The number of carboxylic acids is 1. The summed E-state index contributed by atoms with van der Waals surface area (Å²) >= 11 is 1.38. The maximum atomic E-state index is 14.4. The van der Waals surface area contributed by atoms with E-state index < -0.39 is 41.7 Å². The zero-order valence-electron chi connectivity index (χ0n) is 22.5. The Hall–Kier alpha value is -4.56. The fourth-order valence-electron chi connectivity index (χ4n) is 5.56. The number of benzene rings is 3. The standard InChI is InChI=1S/C33H29FN2O4S/c1-20-8-6-7-11-25(20)30(37)27-26(17-12-22-9-4-3-5-10-22)36(33(40)35-24-15-13-23(34)14-16-24)29(32(38)39)28(27)31-21(2)18-19-41-31/h3-19,26-29H,1-2H3,(H,35,40)(H,38,39). The third-order valence-corrected chi connectivity index (χ3v) is 8.62. The van der Waals surface area contributed by atoms with Gasteiger partial charge in [-0.05, 0) is 66.2 Å². The zero-order valence-corrected chi connectivity index (χ0v) is 23.3. The van der Waals surface area contributed by atoms with Crippen LogP contribution in [0.2, 0.25) is 0 Å². The SMILES string of the molecule is Cc1ccccc1C(=O)C1C(c2sccc2C)C(C(=O)O)N(C(=O)Nc2ccc(F)cc2)C1C=Cc1ccccc1. The first-order chi connectivity index (χ1) is 19.8. The maximum absolute atomic E-state index is 14.4. The summed E-state index contributed by atoms with van der Waals surface area (Å²) in [6.45, 7) is 3.73. The number of thiophene rings is 1. The van der Waals surface area contributed by atoms with Crippen molar-refractivity contribution in [2.24, 2.45) is 5.92 Å². The number of ketones is 1. The first kappa shape index (κ1) is 28.0. The lowest BCUT2D eigenvalue weighted by atomic mass is 9.79. The van der Waals surface area contributed by atoms with Gasteiger partial charge in [-0.3, -0.25) is 4.79 Å². The molecule has 0 aliphatic carbocycles. The van der Waals surface area contributed by atoms with Crippen molar-refractivity contribution in [2.45, 2.75) is 31.8 Å². The molecule has 0 radical (unpaired) electrons. The van der Waals surface area contributed by atoms with Gasteiger partial charge in [0.1, 0.15) is 11.9 Å². The highest BCUT2D eigenvalue weighted by Gasteiger charge is 2.57. The Bertz CT molecular complexity index is 1600. The van der Waals surface area contributed by atoms with Crippen LogP contribution >= 0.6 is 11.3 Å². The van der Waals surface area contributed by atoms with Gasteiger partial charge in [-0.1, -0.05) is 66.7 Å². The van der Waals surface area contributed by atoms with Gasteiger partial charge in [0, 0.05) is 22.0 Å². The van der Waals surface area contributed by atoms with Gasteiger partial charge in [0.05, 0.1) is 12.0 Å². The number of urea groups is 1. The van der Waals surface area contributed by atoms with E-state index in [0.29, 0.717) is 11.3 Å². The van der Waals surface area contributed by atoms with Crippen LogP contribution in [-0.2, 0) is 4.79 Å². The predicted molar refractivity (Wildman–Crippen MR) is 159 cm³/mol. The molecule has 8 heteroatoms. The summed E-state index contributed by atoms with van der Waals surface area (Å²) in [4.78, 5) is 43.4. The van der Waals surface area contributed by atoms with Crippen LogP contribution in [0.4, 0.5) is 14.9 Å². The van der Waals surface area contributed by atoms with Crippen molar-refractivity contribution in [3.63, 3.8) is 0 Å². The van der Waals surface area contributed by atoms with Gasteiger partial charge in [0.25, 0.3) is 0 Å². The van der Waals surface area contributed by atoms with E-state index in [2.05, 4.69) is 5.32 Å². The number of amides is 2. The molecule has 1 aliphatic heterocycles. The van der Waals surface area contributed by atoms with Crippen molar-refractivity contribution in [1.29, 1.82) is 0 Å². The molecular weight excluding hydrogens is 539 g/mol. The summed E-state index contributed by atoms with van der Waals surface area (Å²) in [7, 11) is 0. The second kappa shape index (κ2) is 11.9. The molecule has 0 saturated carbocycles. The van der Waals surface area contributed by atoms with Crippen LogP contribution in [0.5, 0.6) is 0 Å². The molecule has 1 aromatic heterocycles. The molecule has 3 aromatic carbocycles. The van der Waals surface area contributed by atoms with Crippen molar-refractivity contribution >= 4 is 40.9 Å². The number of hydrogen-bond acceptors (Lipinski definition) is 4. The number of halogens is 1. The number of carbonyl (C=O) groups is 3. The summed E-state index contributed by atoms with van der Waals surface area (Å²) < 4.78 is 13.6. The average molecular weight is 569 g/mol. The number of carboxylic acid groups (broad SMARTS) is 1. The molecule has 2 heterocycles. The van der Waals surface area contributed by atoms with Crippen LogP contribution in [-0.4, -0.2) is 39.9 Å². The van der Waals surface area contributed by atoms with Crippen molar-refractivity contribution in [2.75, 3.05) is 5.32 Å². The number of aryl methyl sites for hydroxylation is 2. The molecule has 1 saturated heterocycles. The molecule has 6 nitrogen and oxygen atoms in total. The molecule has 5 rings (SSSR count). The van der Waals surface area contributed by atoms with Crippen LogP contribution < -0.4 is 5.32 Å². The van der Waals surface area contributed by atoms with Crippen LogP contribution in [0, 0.1) is 25.6 Å². The van der Waals surface area contributed by atoms with Crippen molar-refractivity contribution < 1.29 is 23.9 Å². The lowest BCUT2D eigenvalue weighted by Gasteiger charge is -2.28. The van der Waals surface area contributed by atoms with E-state index in [4.69, 9.17) is 0 Å². The number of nitrogens with zero attached hydrogens (tertiary/aromatic N) is 1. The molecule has 208 valence electrons. The number of hydrogen-bond donors (Lipinski definition) is 2. The van der Waals surface area contributed by atoms with Crippen molar-refractivity contribution in [3.05, 3.63) is 129 Å². The molecule has 4 aromatic rings. The third-order valence-electron chi connectivity index (χ3n) is 7.50. The highest BCUT2D eigenvalue weighted by Crippen LogP contribution is 2.48. The molecule has 2 N–H and O–H groups in total. The number of carbonyl (C=O) groups excluding carboxylic acids is 2. The first-order valence-electron chi connectivity index (χ1n) is 13.2. The van der Waals surface area contributed by atoms with Gasteiger partial charge < -0.3 is 15.3 Å². The van der Waals surface area contributed by atoms with Gasteiger partial charge in [0.2, 0.25) is 0 Å². The Labute approximate surface area is 241 Å². The monoisotopic (exact) mass is 568 g/mol. The fourth-order valence-corrected chi connectivity index (χ4v) is 6.67. The van der Waals surface area contributed by atoms with E-state index in [0.717, 1.165) is 21.6 Å². The zero-order chi connectivity index (χ0) is 29.1. The van der Waals surface area contributed by atoms with E-state index in [1.807, 2.05) is 73.8 Å². The predicted octanol–water partition coefficient (Wildman–Crippen LogP) is 7.17. The van der Waals surface area contributed by atoms with Crippen LogP contribution in [0.3, 0.4) is 0 Å².